The molecule has 0 amide bonds. The van der Waals surface area contributed by atoms with Gasteiger partial charge in [0.2, 0.25) is 0 Å². The van der Waals surface area contributed by atoms with E-state index < -0.39 is 0 Å². The molecule has 0 aliphatic carbocycles. The summed E-state index contributed by atoms with van der Waals surface area (Å²) in [6, 6.07) is 7.83. The molecule has 3 rings (SSSR count). The maximum absolute atomic E-state index is 11.7. The van der Waals surface area contributed by atoms with Gasteiger partial charge in [-0.15, -0.1) is 0 Å². The molecule has 0 atom stereocenters. The van der Waals surface area contributed by atoms with E-state index in [2.05, 4.69) is 19.9 Å². The Hall–Kier alpha value is -1.70. The second kappa shape index (κ2) is 4.76. The van der Waals surface area contributed by atoms with E-state index >= 15 is 0 Å². The highest BCUT2D eigenvalue weighted by Crippen LogP contribution is 2.12. The monoisotopic (exact) mass is 366 g/mol. The molecule has 0 bridgehead atoms. The maximum atomic E-state index is 11.7. The predicted octanol–water partition coefficient (Wildman–Crippen LogP) is 2.15. The molecule has 2 aromatic heterocycles. The smallest absolute Gasteiger partial charge is 0.264 e. The van der Waals surface area contributed by atoms with Gasteiger partial charge in [0.25, 0.3) is 5.56 Å². The van der Waals surface area contributed by atoms with Crippen molar-refractivity contribution in [1.82, 2.24) is 19.9 Å². The Kier molecular flexibility index (Phi) is 3.09. The first-order chi connectivity index (χ1) is 9.13. The van der Waals surface area contributed by atoms with Crippen LogP contribution in [0.4, 0.5) is 0 Å². The molecule has 0 fully saturated rings. The Balaban J connectivity index is 1.99. The zero-order valence-corrected chi connectivity index (χ0v) is 12.4. The second-order valence-electron chi connectivity index (χ2n) is 4.29. The van der Waals surface area contributed by atoms with Crippen molar-refractivity contribution in [3.8, 4) is 0 Å². The number of hydrogen-bond donors (Lipinski definition) is 2. The Morgan fingerprint density at radius 3 is 2.63 bits per heavy atom. The number of benzene rings is 1. The largest absolute Gasteiger partial charge is 0.342 e. The number of rotatable bonds is 2. The van der Waals surface area contributed by atoms with Gasteiger partial charge in [0.1, 0.15) is 11.6 Å². The van der Waals surface area contributed by atoms with Crippen molar-refractivity contribution >= 4 is 33.6 Å². The second-order valence-corrected chi connectivity index (χ2v) is 5.37. The number of aryl methyl sites for hydroxylation is 1. The van der Waals surface area contributed by atoms with Crippen molar-refractivity contribution in [3.05, 3.63) is 55.5 Å². The SMILES string of the molecule is Cc1nc(Cc2nc3ccccc3[nH]2)[nH]c(=O)c1I. The van der Waals surface area contributed by atoms with E-state index in [0.29, 0.717) is 15.8 Å². The van der Waals surface area contributed by atoms with Crippen LogP contribution in [0, 0.1) is 10.5 Å². The van der Waals surface area contributed by atoms with Crippen molar-refractivity contribution in [2.24, 2.45) is 0 Å². The first-order valence-corrected chi connectivity index (χ1v) is 6.90. The highest BCUT2D eigenvalue weighted by Gasteiger charge is 2.08. The molecular weight excluding hydrogens is 355 g/mol. The summed E-state index contributed by atoms with van der Waals surface area (Å²) in [5, 5.41) is 0. The Labute approximate surface area is 122 Å². The molecule has 19 heavy (non-hydrogen) atoms. The lowest BCUT2D eigenvalue weighted by Gasteiger charge is -2.01. The number of aromatic nitrogens is 4. The van der Waals surface area contributed by atoms with E-state index in [1.807, 2.05) is 53.8 Å². The molecule has 2 heterocycles. The fourth-order valence-corrected chi connectivity index (χ4v) is 2.22. The van der Waals surface area contributed by atoms with Crippen LogP contribution in [-0.4, -0.2) is 19.9 Å². The first-order valence-electron chi connectivity index (χ1n) is 5.82. The molecule has 0 saturated carbocycles. The molecule has 0 spiro atoms. The third-order valence-corrected chi connectivity index (χ3v) is 4.12. The summed E-state index contributed by atoms with van der Waals surface area (Å²) in [5.41, 5.74) is 2.55. The molecular formula is C13H11IN4O. The number of halogens is 1. The molecule has 0 aliphatic rings. The van der Waals surface area contributed by atoms with Crippen molar-refractivity contribution in [1.29, 1.82) is 0 Å². The van der Waals surface area contributed by atoms with Crippen LogP contribution in [0.5, 0.6) is 0 Å². The van der Waals surface area contributed by atoms with E-state index in [1.165, 1.54) is 0 Å². The first kappa shape index (κ1) is 12.3. The summed E-state index contributed by atoms with van der Waals surface area (Å²) >= 11 is 2.00. The minimum Gasteiger partial charge on any atom is -0.342 e. The Bertz CT molecular complexity index is 773. The number of imidazole rings is 1. The number of hydrogen-bond acceptors (Lipinski definition) is 3. The fourth-order valence-electron chi connectivity index (χ4n) is 1.96. The molecule has 0 radical (unpaired) electrons. The summed E-state index contributed by atoms with van der Waals surface area (Å²) in [6.07, 6.45) is 0.488. The number of para-hydroxylation sites is 2. The van der Waals surface area contributed by atoms with E-state index in [9.17, 15) is 4.79 Å². The quantitative estimate of drug-likeness (QED) is 0.683. The number of aromatic amines is 2. The van der Waals surface area contributed by atoms with Crippen molar-refractivity contribution < 1.29 is 0 Å². The van der Waals surface area contributed by atoms with Crippen LogP contribution in [0.2, 0.25) is 0 Å². The lowest BCUT2D eigenvalue weighted by atomic mass is 10.3. The van der Waals surface area contributed by atoms with Crippen molar-refractivity contribution in [2.45, 2.75) is 13.3 Å². The zero-order valence-electron chi connectivity index (χ0n) is 10.2. The third-order valence-electron chi connectivity index (χ3n) is 2.85. The van der Waals surface area contributed by atoms with Gasteiger partial charge in [0.05, 0.1) is 26.7 Å². The van der Waals surface area contributed by atoms with Gasteiger partial charge in [-0.3, -0.25) is 4.79 Å². The van der Waals surface area contributed by atoms with Crippen LogP contribution in [0.3, 0.4) is 0 Å². The van der Waals surface area contributed by atoms with Gasteiger partial charge in [0, 0.05) is 0 Å². The molecule has 3 aromatic rings. The highest BCUT2D eigenvalue weighted by atomic mass is 127. The van der Waals surface area contributed by atoms with Crippen molar-refractivity contribution in [2.75, 3.05) is 0 Å². The van der Waals surface area contributed by atoms with Crippen LogP contribution >= 0.6 is 22.6 Å². The van der Waals surface area contributed by atoms with E-state index in [0.717, 1.165) is 22.6 Å². The number of fused-ring (bicyclic) bond motifs is 1. The van der Waals surface area contributed by atoms with Crippen LogP contribution in [0.15, 0.2) is 29.1 Å². The lowest BCUT2D eigenvalue weighted by Crippen LogP contribution is -2.17. The summed E-state index contributed by atoms with van der Waals surface area (Å²) < 4.78 is 0.631. The average molecular weight is 366 g/mol. The van der Waals surface area contributed by atoms with E-state index in [-0.39, 0.29) is 5.56 Å². The maximum Gasteiger partial charge on any atom is 0.264 e. The van der Waals surface area contributed by atoms with E-state index in [1.54, 1.807) is 0 Å². The summed E-state index contributed by atoms with van der Waals surface area (Å²) in [5.74, 6) is 1.42. The number of H-pyrrole nitrogens is 2. The summed E-state index contributed by atoms with van der Waals surface area (Å²) in [4.78, 5) is 26.5. The van der Waals surface area contributed by atoms with Gasteiger partial charge >= 0.3 is 0 Å². The van der Waals surface area contributed by atoms with Gasteiger partial charge in [-0.2, -0.15) is 0 Å². The molecule has 1 aromatic carbocycles. The molecule has 5 nitrogen and oxygen atoms in total. The van der Waals surface area contributed by atoms with Gasteiger partial charge in [-0.05, 0) is 41.6 Å². The lowest BCUT2D eigenvalue weighted by molar-refractivity contribution is 0.877. The summed E-state index contributed by atoms with van der Waals surface area (Å²) in [7, 11) is 0. The topological polar surface area (TPSA) is 74.4 Å². The molecule has 2 N–H and O–H groups in total. The summed E-state index contributed by atoms with van der Waals surface area (Å²) in [6.45, 7) is 1.83. The van der Waals surface area contributed by atoms with Gasteiger partial charge in [0.15, 0.2) is 0 Å². The minimum atomic E-state index is -0.0980. The average Bonchev–Trinajstić information content (AvgIpc) is 2.78. The molecule has 0 saturated heterocycles. The van der Waals surface area contributed by atoms with E-state index in [4.69, 9.17) is 0 Å². The zero-order chi connectivity index (χ0) is 13.4. The minimum absolute atomic E-state index is 0.0980. The molecule has 0 aliphatic heterocycles. The number of nitrogens with one attached hydrogen (secondary N) is 2. The molecule has 0 unspecified atom stereocenters. The van der Waals surface area contributed by atoms with Crippen LogP contribution in [0.1, 0.15) is 17.3 Å². The standard InChI is InChI=1S/C13H11IN4O/c1-7-12(14)13(19)18-10(15-7)6-11-16-8-4-2-3-5-9(8)17-11/h2-5H,6H2,1H3,(H,16,17)(H,15,18,19). The van der Waals surface area contributed by atoms with Crippen LogP contribution in [-0.2, 0) is 6.42 Å². The fraction of sp³-hybridized carbons (Fsp3) is 0.154. The Morgan fingerprint density at radius 1 is 1.16 bits per heavy atom. The van der Waals surface area contributed by atoms with Crippen molar-refractivity contribution in [3.63, 3.8) is 0 Å². The highest BCUT2D eigenvalue weighted by molar-refractivity contribution is 14.1. The normalized spacial score (nSPS) is 11.1. The number of nitrogens with zero attached hydrogens (tertiary/aromatic N) is 2. The van der Waals surface area contributed by atoms with Crippen LogP contribution < -0.4 is 5.56 Å². The van der Waals surface area contributed by atoms with Gasteiger partial charge < -0.3 is 9.97 Å². The molecule has 6 heteroatoms. The van der Waals surface area contributed by atoms with Gasteiger partial charge in [-0.1, -0.05) is 12.1 Å². The Morgan fingerprint density at radius 2 is 1.89 bits per heavy atom. The van der Waals surface area contributed by atoms with Crippen LogP contribution in [0.25, 0.3) is 11.0 Å². The molecule has 96 valence electrons. The third kappa shape index (κ3) is 2.40. The van der Waals surface area contributed by atoms with Gasteiger partial charge in [-0.25, -0.2) is 9.97 Å². The predicted molar refractivity (Wildman–Crippen MR) is 81.2 cm³/mol.